The molecule has 0 aliphatic rings. The van der Waals surface area contributed by atoms with Crippen LogP contribution in [-0.2, 0) is 4.43 Å². The van der Waals surface area contributed by atoms with Crippen LogP contribution in [0.3, 0.4) is 0 Å². The Balaban J connectivity index is 3.88. The summed E-state index contributed by atoms with van der Waals surface area (Å²) in [5.41, 5.74) is 0. The molecule has 0 aromatic rings. The van der Waals surface area contributed by atoms with Gasteiger partial charge in [0.05, 0.1) is 0 Å². The molecule has 1 unspecified atom stereocenters. The molecular formula is C6H13F3OSi. The Bertz CT molecular complexity index is 98.5. The Hall–Kier alpha value is -0.0331. The van der Waals surface area contributed by atoms with Gasteiger partial charge in [-0.3, -0.25) is 0 Å². The van der Waals surface area contributed by atoms with E-state index in [2.05, 4.69) is 4.43 Å². The van der Waals surface area contributed by atoms with E-state index in [1.165, 1.54) is 0 Å². The monoisotopic (exact) mass is 186 g/mol. The van der Waals surface area contributed by atoms with E-state index in [0.717, 1.165) is 0 Å². The Morgan fingerprint density at radius 1 is 1.27 bits per heavy atom. The largest absolute Gasteiger partial charge is 0.411 e. The average Bonchev–Trinajstić information content (AvgIpc) is 1.85. The van der Waals surface area contributed by atoms with Crippen LogP contribution in [0.5, 0.6) is 0 Å². The molecule has 68 valence electrons. The van der Waals surface area contributed by atoms with Crippen LogP contribution in [0.2, 0.25) is 6.04 Å². The van der Waals surface area contributed by atoms with E-state index in [-0.39, 0.29) is 12.7 Å². The summed E-state index contributed by atoms with van der Waals surface area (Å²) in [5, 5.41) is 0. The summed E-state index contributed by atoms with van der Waals surface area (Å²) in [6, 6.07) is 0.192. The lowest BCUT2D eigenvalue weighted by molar-refractivity contribution is -0.0665. The highest BCUT2D eigenvalue weighted by atomic mass is 28.3. The minimum Gasteiger partial charge on any atom is -0.411 e. The van der Waals surface area contributed by atoms with Crippen molar-refractivity contribution in [1.82, 2.24) is 0 Å². The number of hydrogen-bond donors (Lipinski definition) is 0. The molecule has 5 heteroatoms. The van der Waals surface area contributed by atoms with E-state index in [1.54, 1.807) is 13.8 Å². The van der Waals surface area contributed by atoms with E-state index in [1.807, 2.05) is 0 Å². The minimum atomic E-state index is -4.06. The van der Waals surface area contributed by atoms with E-state index < -0.39 is 14.8 Å². The van der Waals surface area contributed by atoms with Gasteiger partial charge in [0, 0.05) is 6.61 Å². The van der Waals surface area contributed by atoms with Gasteiger partial charge in [-0.15, -0.1) is 0 Å². The summed E-state index contributed by atoms with van der Waals surface area (Å²) in [5.74, 6) is -4.06. The topological polar surface area (TPSA) is 9.23 Å². The second-order valence-corrected chi connectivity index (χ2v) is 4.82. The molecule has 0 amide bonds. The zero-order valence-corrected chi connectivity index (χ0v) is 7.90. The quantitative estimate of drug-likeness (QED) is 0.612. The molecule has 1 atom stereocenters. The zero-order chi connectivity index (χ0) is 8.91. The fourth-order valence-corrected chi connectivity index (χ4v) is 2.41. The number of hydrogen-bond acceptors (Lipinski definition) is 1. The molecule has 0 radical (unpaired) electrons. The van der Waals surface area contributed by atoms with Crippen LogP contribution in [0.25, 0.3) is 0 Å². The molecule has 1 nitrogen and oxygen atoms in total. The van der Waals surface area contributed by atoms with Crippen molar-refractivity contribution in [3.63, 3.8) is 0 Å². The van der Waals surface area contributed by atoms with Crippen molar-refractivity contribution in [1.29, 1.82) is 0 Å². The summed E-state index contributed by atoms with van der Waals surface area (Å²) in [7, 11) is -2.92. The predicted molar refractivity (Wildman–Crippen MR) is 39.9 cm³/mol. The summed E-state index contributed by atoms with van der Waals surface area (Å²) < 4.78 is 40.8. The Labute approximate surface area is 66.3 Å². The predicted octanol–water partition coefficient (Wildman–Crippen LogP) is 2.26. The lowest BCUT2D eigenvalue weighted by atomic mass is 10.6. The van der Waals surface area contributed by atoms with Gasteiger partial charge >= 0.3 is 5.80 Å². The van der Waals surface area contributed by atoms with Crippen LogP contribution in [0, 0.1) is 0 Å². The standard InChI is InChI=1S/C6H13F3OSi/c1-3-5-11(10-4-2)6(7,8)9/h11H,3-5H2,1-2H3. The molecule has 11 heavy (non-hydrogen) atoms. The van der Waals surface area contributed by atoms with E-state index >= 15 is 0 Å². The second-order valence-electron chi connectivity index (χ2n) is 2.27. The fourth-order valence-electron chi connectivity index (χ4n) is 0.805. The van der Waals surface area contributed by atoms with Crippen LogP contribution in [0.4, 0.5) is 13.2 Å². The third-order valence-corrected chi connectivity index (χ3v) is 3.85. The van der Waals surface area contributed by atoms with Crippen molar-refractivity contribution in [3.05, 3.63) is 0 Å². The van der Waals surface area contributed by atoms with Gasteiger partial charge in [-0.25, -0.2) is 0 Å². The molecule has 0 N–H and O–H groups in total. The van der Waals surface area contributed by atoms with Gasteiger partial charge in [0.2, 0.25) is 0 Å². The van der Waals surface area contributed by atoms with E-state index in [9.17, 15) is 13.2 Å². The van der Waals surface area contributed by atoms with Gasteiger partial charge in [0.25, 0.3) is 9.04 Å². The van der Waals surface area contributed by atoms with Gasteiger partial charge in [0.15, 0.2) is 0 Å². The first-order valence-electron chi connectivity index (χ1n) is 3.70. The van der Waals surface area contributed by atoms with Crippen molar-refractivity contribution in [2.75, 3.05) is 6.61 Å². The Morgan fingerprint density at radius 2 is 1.82 bits per heavy atom. The number of rotatable bonds is 4. The molecular weight excluding hydrogens is 173 g/mol. The van der Waals surface area contributed by atoms with Crippen molar-refractivity contribution in [2.24, 2.45) is 0 Å². The fraction of sp³-hybridized carbons (Fsp3) is 1.00. The van der Waals surface area contributed by atoms with Crippen molar-refractivity contribution >= 4 is 9.04 Å². The van der Waals surface area contributed by atoms with Crippen LogP contribution < -0.4 is 0 Å². The molecule has 0 aliphatic heterocycles. The summed E-state index contributed by atoms with van der Waals surface area (Å²) in [6.45, 7) is 3.52. The lowest BCUT2D eigenvalue weighted by Gasteiger charge is -2.16. The maximum absolute atomic E-state index is 12.0. The molecule has 0 aromatic heterocycles. The maximum Gasteiger partial charge on any atom is 0.385 e. The molecule has 0 aromatic carbocycles. The summed E-state index contributed by atoms with van der Waals surface area (Å²) in [4.78, 5) is 0. The van der Waals surface area contributed by atoms with Crippen molar-refractivity contribution < 1.29 is 17.6 Å². The maximum atomic E-state index is 12.0. The molecule has 0 spiro atoms. The highest BCUT2D eigenvalue weighted by Crippen LogP contribution is 2.23. The second kappa shape index (κ2) is 4.77. The SMILES string of the molecule is CCC[SiH](OCC)C(F)(F)F. The highest BCUT2D eigenvalue weighted by Gasteiger charge is 2.41. The van der Waals surface area contributed by atoms with Gasteiger partial charge in [-0.1, -0.05) is 13.3 Å². The lowest BCUT2D eigenvalue weighted by Crippen LogP contribution is -2.36. The van der Waals surface area contributed by atoms with E-state index in [4.69, 9.17) is 0 Å². The molecule has 0 rings (SSSR count). The minimum absolute atomic E-state index is 0.177. The van der Waals surface area contributed by atoms with E-state index in [0.29, 0.717) is 6.42 Å². The average molecular weight is 186 g/mol. The normalized spacial score (nSPS) is 15.0. The van der Waals surface area contributed by atoms with Crippen LogP contribution >= 0.6 is 0 Å². The summed E-state index contributed by atoms with van der Waals surface area (Å²) in [6.07, 6.45) is 0.552. The first-order valence-corrected chi connectivity index (χ1v) is 5.57. The Kier molecular flexibility index (Phi) is 4.75. The van der Waals surface area contributed by atoms with Crippen molar-refractivity contribution in [2.45, 2.75) is 32.1 Å². The van der Waals surface area contributed by atoms with Crippen molar-refractivity contribution in [3.8, 4) is 0 Å². The molecule has 0 heterocycles. The highest BCUT2D eigenvalue weighted by molar-refractivity contribution is 6.54. The molecule has 0 saturated heterocycles. The van der Waals surface area contributed by atoms with Gasteiger partial charge in [-0.05, 0) is 13.0 Å². The van der Waals surface area contributed by atoms with Gasteiger partial charge in [-0.2, -0.15) is 13.2 Å². The number of alkyl halides is 3. The third-order valence-electron chi connectivity index (χ3n) is 1.28. The first kappa shape index (κ1) is 11.0. The summed E-state index contributed by atoms with van der Waals surface area (Å²) >= 11 is 0. The van der Waals surface area contributed by atoms with Gasteiger partial charge < -0.3 is 4.43 Å². The molecule has 0 fully saturated rings. The number of halogens is 3. The Morgan fingerprint density at radius 3 is 2.09 bits per heavy atom. The third kappa shape index (κ3) is 4.42. The first-order chi connectivity index (χ1) is 5.02. The molecule has 0 bridgehead atoms. The van der Waals surface area contributed by atoms with Crippen LogP contribution in [0.1, 0.15) is 20.3 Å². The molecule has 0 saturated carbocycles. The van der Waals surface area contributed by atoms with Crippen LogP contribution in [0.15, 0.2) is 0 Å². The molecule has 0 aliphatic carbocycles. The zero-order valence-electron chi connectivity index (χ0n) is 6.74. The smallest absolute Gasteiger partial charge is 0.385 e. The van der Waals surface area contributed by atoms with Gasteiger partial charge in [0.1, 0.15) is 0 Å². The van der Waals surface area contributed by atoms with Crippen LogP contribution in [-0.4, -0.2) is 21.4 Å².